The molecular weight excluding hydrogens is 148 g/mol. The van der Waals surface area contributed by atoms with Crippen LogP contribution >= 0.6 is 0 Å². The maximum Gasteiger partial charge on any atom is 0.136 e. The Hall–Kier alpha value is -0.850. The van der Waals surface area contributed by atoms with Crippen molar-refractivity contribution in [3.8, 4) is 0 Å². The number of carbonyl (C=O) groups is 1. The van der Waals surface area contributed by atoms with Crippen LogP contribution in [0.3, 0.4) is 0 Å². The highest BCUT2D eigenvalue weighted by Gasteiger charge is 2.01. The van der Waals surface area contributed by atoms with Crippen molar-refractivity contribution in [2.75, 3.05) is 0 Å². The van der Waals surface area contributed by atoms with E-state index in [1.54, 1.807) is 6.92 Å². The lowest BCUT2D eigenvalue weighted by molar-refractivity contribution is -0.118. The largest absolute Gasteiger partial charge is 0.299 e. The SMILES string of the molecule is CC(=O)C(C)/C=C\C(C)=C(C)C. The molecule has 0 spiro atoms. The average molecular weight is 166 g/mol. The highest BCUT2D eigenvalue weighted by molar-refractivity contribution is 5.79. The third kappa shape index (κ3) is 4.12. The number of Topliss-reactive ketones (excluding diaryl/α,β-unsaturated/α-hetero) is 1. The summed E-state index contributed by atoms with van der Waals surface area (Å²) in [5.74, 6) is 0.257. The van der Waals surface area contributed by atoms with Gasteiger partial charge < -0.3 is 0 Å². The number of carbonyl (C=O) groups excluding carboxylic acids is 1. The molecule has 12 heavy (non-hydrogen) atoms. The van der Waals surface area contributed by atoms with Crippen molar-refractivity contribution >= 4 is 5.78 Å². The third-order valence-electron chi connectivity index (χ3n) is 2.06. The standard InChI is InChI=1S/C11H18O/c1-8(2)9(3)6-7-10(4)11(5)12/h6-7,10H,1-5H3/b7-6-. The van der Waals surface area contributed by atoms with E-state index in [0.717, 1.165) is 0 Å². The summed E-state index contributed by atoms with van der Waals surface area (Å²) in [4.78, 5) is 10.9. The number of allylic oxidation sites excluding steroid dienone is 4. The lowest BCUT2D eigenvalue weighted by Gasteiger charge is -2.00. The van der Waals surface area contributed by atoms with Gasteiger partial charge in [-0.05, 0) is 27.7 Å². The summed E-state index contributed by atoms with van der Waals surface area (Å²) in [6, 6.07) is 0. The van der Waals surface area contributed by atoms with E-state index < -0.39 is 0 Å². The van der Waals surface area contributed by atoms with Crippen LogP contribution in [-0.4, -0.2) is 5.78 Å². The molecule has 1 nitrogen and oxygen atoms in total. The molecule has 0 heterocycles. The Morgan fingerprint density at radius 1 is 1.17 bits per heavy atom. The van der Waals surface area contributed by atoms with E-state index in [9.17, 15) is 4.79 Å². The number of rotatable bonds is 3. The predicted molar refractivity (Wildman–Crippen MR) is 53.0 cm³/mol. The summed E-state index contributed by atoms with van der Waals surface area (Å²) >= 11 is 0. The van der Waals surface area contributed by atoms with E-state index in [0.29, 0.717) is 0 Å². The summed E-state index contributed by atoms with van der Waals surface area (Å²) in [5, 5.41) is 0. The Labute approximate surface area is 75.2 Å². The molecule has 1 unspecified atom stereocenters. The van der Waals surface area contributed by atoms with Crippen molar-refractivity contribution < 1.29 is 4.79 Å². The van der Waals surface area contributed by atoms with Crippen LogP contribution in [0.25, 0.3) is 0 Å². The summed E-state index contributed by atoms with van der Waals surface area (Å²) in [6.07, 6.45) is 3.96. The lowest BCUT2D eigenvalue weighted by Crippen LogP contribution is -2.01. The maximum absolute atomic E-state index is 10.9. The van der Waals surface area contributed by atoms with Crippen LogP contribution in [-0.2, 0) is 4.79 Å². The number of hydrogen-bond acceptors (Lipinski definition) is 1. The van der Waals surface area contributed by atoms with Crippen molar-refractivity contribution in [2.24, 2.45) is 5.92 Å². The van der Waals surface area contributed by atoms with Gasteiger partial charge in [0.2, 0.25) is 0 Å². The Morgan fingerprint density at radius 2 is 1.67 bits per heavy atom. The van der Waals surface area contributed by atoms with Gasteiger partial charge in [-0.2, -0.15) is 0 Å². The molecule has 0 saturated heterocycles. The first-order valence-electron chi connectivity index (χ1n) is 4.28. The average Bonchev–Trinajstić information content (AvgIpc) is 1.98. The van der Waals surface area contributed by atoms with Gasteiger partial charge in [-0.25, -0.2) is 0 Å². The minimum Gasteiger partial charge on any atom is -0.299 e. The molecule has 0 N–H and O–H groups in total. The minimum atomic E-state index is 0.0410. The zero-order valence-corrected chi connectivity index (χ0v) is 8.64. The highest BCUT2D eigenvalue weighted by Crippen LogP contribution is 2.06. The maximum atomic E-state index is 10.9. The molecule has 0 aromatic heterocycles. The summed E-state index contributed by atoms with van der Waals surface area (Å²) in [5.41, 5.74) is 2.53. The molecular formula is C11H18O. The Bertz CT molecular complexity index is 217. The van der Waals surface area contributed by atoms with E-state index in [1.807, 2.05) is 19.1 Å². The van der Waals surface area contributed by atoms with Crippen LogP contribution in [0.2, 0.25) is 0 Å². The fourth-order valence-electron chi connectivity index (χ4n) is 0.591. The molecule has 1 atom stereocenters. The lowest BCUT2D eigenvalue weighted by atomic mass is 10.1. The molecule has 0 aromatic rings. The predicted octanol–water partition coefficient (Wildman–Crippen LogP) is 3.12. The molecule has 0 amide bonds. The molecule has 0 aromatic carbocycles. The Kier molecular flexibility index (Phi) is 4.57. The summed E-state index contributed by atoms with van der Waals surface area (Å²) in [6.45, 7) is 9.72. The van der Waals surface area contributed by atoms with Gasteiger partial charge in [-0.1, -0.05) is 30.2 Å². The summed E-state index contributed by atoms with van der Waals surface area (Å²) < 4.78 is 0. The van der Waals surface area contributed by atoms with Crippen molar-refractivity contribution in [1.82, 2.24) is 0 Å². The van der Waals surface area contributed by atoms with Crippen LogP contribution in [0.5, 0.6) is 0 Å². The molecule has 0 radical (unpaired) electrons. The molecule has 0 saturated carbocycles. The van der Waals surface area contributed by atoms with Gasteiger partial charge in [-0.15, -0.1) is 0 Å². The molecule has 0 aliphatic heterocycles. The Balaban J connectivity index is 4.26. The van der Waals surface area contributed by atoms with Gasteiger partial charge in [0.05, 0.1) is 0 Å². The second kappa shape index (κ2) is 4.91. The monoisotopic (exact) mass is 166 g/mol. The first-order chi connectivity index (χ1) is 5.45. The van der Waals surface area contributed by atoms with E-state index in [1.165, 1.54) is 11.1 Å². The van der Waals surface area contributed by atoms with E-state index >= 15 is 0 Å². The number of hydrogen-bond donors (Lipinski definition) is 0. The van der Waals surface area contributed by atoms with Crippen LogP contribution in [0.4, 0.5) is 0 Å². The normalized spacial score (nSPS) is 13.1. The van der Waals surface area contributed by atoms with Crippen molar-refractivity contribution in [2.45, 2.75) is 34.6 Å². The van der Waals surface area contributed by atoms with E-state index in [2.05, 4.69) is 20.8 Å². The molecule has 0 bridgehead atoms. The van der Waals surface area contributed by atoms with Gasteiger partial charge in [0.15, 0.2) is 0 Å². The van der Waals surface area contributed by atoms with E-state index in [-0.39, 0.29) is 11.7 Å². The molecule has 0 aliphatic carbocycles. The van der Waals surface area contributed by atoms with Gasteiger partial charge >= 0.3 is 0 Å². The van der Waals surface area contributed by atoms with Gasteiger partial charge in [-0.3, -0.25) is 4.79 Å². The molecule has 0 fully saturated rings. The fourth-order valence-corrected chi connectivity index (χ4v) is 0.591. The van der Waals surface area contributed by atoms with Crippen molar-refractivity contribution in [3.63, 3.8) is 0 Å². The van der Waals surface area contributed by atoms with Crippen molar-refractivity contribution in [3.05, 3.63) is 23.3 Å². The topological polar surface area (TPSA) is 17.1 Å². The second-order valence-corrected chi connectivity index (χ2v) is 3.44. The zero-order valence-electron chi connectivity index (χ0n) is 8.64. The van der Waals surface area contributed by atoms with Gasteiger partial charge in [0.25, 0.3) is 0 Å². The van der Waals surface area contributed by atoms with Crippen LogP contribution < -0.4 is 0 Å². The Morgan fingerprint density at radius 3 is 2.00 bits per heavy atom. The van der Waals surface area contributed by atoms with Crippen LogP contribution in [0, 0.1) is 5.92 Å². The second-order valence-electron chi connectivity index (χ2n) is 3.44. The molecule has 0 aliphatic rings. The van der Waals surface area contributed by atoms with E-state index in [4.69, 9.17) is 0 Å². The molecule has 1 heteroatoms. The minimum absolute atomic E-state index is 0.0410. The fraction of sp³-hybridized carbons (Fsp3) is 0.545. The number of ketones is 1. The van der Waals surface area contributed by atoms with Crippen LogP contribution in [0.15, 0.2) is 23.3 Å². The summed E-state index contributed by atoms with van der Waals surface area (Å²) in [7, 11) is 0. The smallest absolute Gasteiger partial charge is 0.136 e. The first kappa shape index (κ1) is 11.2. The van der Waals surface area contributed by atoms with Crippen molar-refractivity contribution in [1.29, 1.82) is 0 Å². The van der Waals surface area contributed by atoms with Gasteiger partial charge in [0, 0.05) is 5.92 Å². The first-order valence-corrected chi connectivity index (χ1v) is 4.28. The quantitative estimate of drug-likeness (QED) is 0.589. The highest BCUT2D eigenvalue weighted by atomic mass is 16.1. The van der Waals surface area contributed by atoms with Crippen LogP contribution in [0.1, 0.15) is 34.6 Å². The molecule has 68 valence electrons. The zero-order chi connectivity index (χ0) is 9.72. The van der Waals surface area contributed by atoms with Gasteiger partial charge in [0.1, 0.15) is 5.78 Å². The third-order valence-corrected chi connectivity index (χ3v) is 2.06. The molecule has 0 rings (SSSR count).